The summed E-state index contributed by atoms with van der Waals surface area (Å²) in [5, 5.41) is 3.12. The van der Waals surface area contributed by atoms with E-state index >= 15 is 0 Å². The van der Waals surface area contributed by atoms with E-state index in [1.54, 1.807) is 0 Å². The molecule has 0 spiro atoms. The maximum Gasteiger partial charge on any atom is 0.251 e. The fourth-order valence-corrected chi connectivity index (χ4v) is 3.79. The number of fused-ring (bicyclic) bond motifs is 1. The van der Waals surface area contributed by atoms with Crippen molar-refractivity contribution in [3.8, 4) is 0 Å². The van der Waals surface area contributed by atoms with E-state index in [9.17, 15) is 4.79 Å². The van der Waals surface area contributed by atoms with Crippen molar-refractivity contribution >= 4 is 11.6 Å². The highest BCUT2D eigenvalue weighted by atomic mass is 16.1. The van der Waals surface area contributed by atoms with Crippen LogP contribution in [-0.4, -0.2) is 45.0 Å². The van der Waals surface area contributed by atoms with Crippen LogP contribution in [0.2, 0.25) is 0 Å². The summed E-state index contributed by atoms with van der Waals surface area (Å²) >= 11 is 0. The van der Waals surface area contributed by atoms with Crippen molar-refractivity contribution in [2.45, 2.75) is 32.7 Å². The first kappa shape index (κ1) is 19.4. The van der Waals surface area contributed by atoms with Gasteiger partial charge < -0.3 is 15.1 Å². The van der Waals surface area contributed by atoms with Crippen LogP contribution in [0.3, 0.4) is 0 Å². The third-order valence-corrected chi connectivity index (χ3v) is 5.69. The number of nitrogens with zero attached hydrogens (tertiary/aromatic N) is 2. The van der Waals surface area contributed by atoms with Crippen LogP contribution >= 0.6 is 0 Å². The minimum Gasteiger partial charge on any atom is -0.374 e. The number of hydrogen-bond donors (Lipinski definition) is 1. The molecule has 0 aliphatic carbocycles. The van der Waals surface area contributed by atoms with Crippen molar-refractivity contribution < 1.29 is 4.79 Å². The van der Waals surface area contributed by atoms with E-state index in [-0.39, 0.29) is 11.9 Å². The van der Waals surface area contributed by atoms with Crippen molar-refractivity contribution in [2.75, 3.05) is 39.1 Å². The van der Waals surface area contributed by atoms with Crippen LogP contribution in [-0.2, 0) is 6.42 Å². The molecular formula is C23H31N3O. The molecule has 0 saturated carbocycles. The highest BCUT2D eigenvalue weighted by Crippen LogP contribution is 2.30. The SMILES string of the molecule is Cc1ccc(C(=O)NC[C@H](c2ccc3c(c2)CCCN3C)N(C)C)cc1C. The molecule has 0 aromatic heterocycles. The Bertz CT molecular complexity index is 828. The molecule has 0 saturated heterocycles. The van der Waals surface area contributed by atoms with Gasteiger partial charge in [-0.1, -0.05) is 18.2 Å². The van der Waals surface area contributed by atoms with Gasteiger partial charge in [0.05, 0.1) is 6.04 Å². The fraction of sp³-hybridized carbons (Fsp3) is 0.435. The number of likely N-dealkylation sites (N-methyl/N-ethyl adjacent to an activating group) is 1. The van der Waals surface area contributed by atoms with Gasteiger partial charge in [-0.05, 0) is 81.2 Å². The zero-order valence-electron chi connectivity index (χ0n) is 17.2. The Morgan fingerprint density at radius 1 is 1.15 bits per heavy atom. The lowest BCUT2D eigenvalue weighted by Crippen LogP contribution is -2.35. The van der Waals surface area contributed by atoms with E-state index in [1.807, 2.05) is 25.1 Å². The maximum atomic E-state index is 12.6. The molecule has 0 radical (unpaired) electrons. The molecule has 1 heterocycles. The Morgan fingerprint density at radius 3 is 2.63 bits per heavy atom. The summed E-state index contributed by atoms with van der Waals surface area (Å²) in [7, 11) is 6.29. The highest BCUT2D eigenvalue weighted by Gasteiger charge is 2.20. The first-order chi connectivity index (χ1) is 12.9. The summed E-state index contributed by atoms with van der Waals surface area (Å²) in [6.07, 6.45) is 2.33. The second-order valence-corrected chi connectivity index (χ2v) is 7.90. The lowest BCUT2D eigenvalue weighted by Gasteiger charge is -2.30. The molecule has 1 aliphatic heterocycles. The van der Waals surface area contributed by atoms with Gasteiger partial charge in [-0.2, -0.15) is 0 Å². The average molecular weight is 366 g/mol. The molecule has 27 heavy (non-hydrogen) atoms. The van der Waals surface area contributed by atoms with Crippen LogP contribution in [0.5, 0.6) is 0 Å². The number of carbonyl (C=O) groups excluding carboxylic acids is 1. The van der Waals surface area contributed by atoms with Crippen LogP contribution in [0, 0.1) is 13.8 Å². The topological polar surface area (TPSA) is 35.6 Å². The monoisotopic (exact) mass is 365 g/mol. The minimum absolute atomic E-state index is 0.0114. The van der Waals surface area contributed by atoms with Crippen molar-refractivity contribution in [3.63, 3.8) is 0 Å². The van der Waals surface area contributed by atoms with Crippen LogP contribution in [0.15, 0.2) is 36.4 Å². The largest absolute Gasteiger partial charge is 0.374 e. The van der Waals surface area contributed by atoms with Gasteiger partial charge in [0.15, 0.2) is 0 Å². The number of anilines is 1. The molecule has 4 nitrogen and oxygen atoms in total. The molecule has 1 atom stereocenters. The van der Waals surface area contributed by atoms with Gasteiger partial charge in [-0.15, -0.1) is 0 Å². The van der Waals surface area contributed by atoms with Gasteiger partial charge in [0.2, 0.25) is 0 Å². The van der Waals surface area contributed by atoms with E-state index in [4.69, 9.17) is 0 Å². The fourth-order valence-electron chi connectivity index (χ4n) is 3.79. The molecule has 1 amide bonds. The first-order valence-electron chi connectivity index (χ1n) is 9.72. The van der Waals surface area contributed by atoms with Gasteiger partial charge in [0.25, 0.3) is 5.91 Å². The van der Waals surface area contributed by atoms with Crippen LogP contribution < -0.4 is 10.2 Å². The normalized spacial score (nSPS) is 14.8. The Balaban J connectivity index is 1.74. The Kier molecular flexibility index (Phi) is 5.85. The van der Waals surface area contributed by atoms with Crippen molar-refractivity contribution in [2.24, 2.45) is 0 Å². The quantitative estimate of drug-likeness (QED) is 0.877. The molecule has 2 aromatic rings. The molecule has 2 aromatic carbocycles. The van der Waals surface area contributed by atoms with E-state index < -0.39 is 0 Å². The summed E-state index contributed by atoms with van der Waals surface area (Å²) in [6.45, 7) is 5.81. The molecule has 0 bridgehead atoms. The van der Waals surface area contributed by atoms with E-state index in [1.165, 1.54) is 28.8 Å². The molecule has 4 heteroatoms. The predicted octanol–water partition coefficient (Wildman–Crippen LogP) is 3.72. The van der Waals surface area contributed by atoms with E-state index in [0.29, 0.717) is 6.54 Å². The average Bonchev–Trinajstić information content (AvgIpc) is 2.64. The van der Waals surface area contributed by atoms with Crippen molar-refractivity contribution in [1.29, 1.82) is 0 Å². The number of aryl methyl sites for hydroxylation is 3. The minimum atomic E-state index is -0.0114. The van der Waals surface area contributed by atoms with E-state index in [2.05, 4.69) is 61.4 Å². The van der Waals surface area contributed by atoms with E-state index in [0.717, 1.165) is 24.1 Å². The summed E-state index contributed by atoms with van der Waals surface area (Å²) < 4.78 is 0. The second-order valence-electron chi connectivity index (χ2n) is 7.90. The summed E-state index contributed by atoms with van der Waals surface area (Å²) in [4.78, 5) is 17.1. The summed E-state index contributed by atoms with van der Waals surface area (Å²) in [5.41, 5.74) is 7.08. The zero-order valence-corrected chi connectivity index (χ0v) is 17.2. The lowest BCUT2D eigenvalue weighted by molar-refractivity contribution is 0.0942. The maximum absolute atomic E-state index is 12.6. The molecule has 144 valence electrons. The molecule has 0 unspecified atom stereocenters. The molecule has 3 rings (SSSR count). The van der Waals surface area contributed by atoms with Gasteiger partial charge >= 0.3 is 0 Å². The number of rotatable bonds is 5. The Morgan fingerprint density at radius 2 is 1.93 bits per heavy atom. The smallest absolute Gasteiger partial charge is 0.251 e. The third-order valence-electron chi connectivity index (χ3n) is 5.69. The van der Waals surface area contributed by atoms with Gasteiger partial charge in [-0.3, -0.25) is 4.79 Å². The zero-order chi connectivity index (χ0) is 19.6. The van der Waals surface area contributed by atoms with Crippen molar-refractivity contribution in [3.05, 3.63) is 64.2 Å². The third kappa shape index (κ3) is 4.33. The van der Waals surface area contributed by atoms with Crippen LogP contribution in [0.25, 0.3) is 0 Å². The molecule has 1 aliphatic rings. The number of nitrogens with one attached hydrogen (secondary N) is 1. The van der Waals surface area contributed by atoms with Crippen molar-refractivity contribution in [1.82, 2.24) is 10.2 Å². The van der Waals surface area contributed by atoms with Gasteiger partial charge in [0, 0.05) is 31.4 Å². The summed E-state index contributed by atoms with van der Waals surface area (Å²) in [6, 6.07) is 12.8. The lowest BCUT2D eigenvalue weighted by atomic mass is 9.96. The summed E-state index contributed by atoms with van der Waals surface area (Å²) in [5.74, 6) is -0.0114. The molecular weight excluding hydrogens is 334 g/mol. The predicted molar refractivity (Wildman–Crippen MR) is 113 cm³/mol. The van der Waals surface area contributed by atoms with Gasteiger partial charge in [-0.25, -0.2) is 0 Å². The van der Waals surface area contributed by atoms with Crippen LogP contribution in [0.4, 0.5) is 5.69 Å². The molecule has 1 N–H and O–H groups in total. The van der Waals surface area contributed by atoms with Gasteiger partial charge in [0.1, 0.15) is 0 Å². The number of amides is 1. The Labute approximate surface area is 163 Å². The van der Waals surface area contributed by atoms with Crippen LogP contribution in [0.1, 0.15) is 45.1 Å². The molecule has 0 fully saturated rings. The number of benzene rings is 2. The first-order valence-corrected chi connectivity index (χ1v) is 9.72. The number of carbonyl (C=O) groups is 1. The number of hydrogen-bond acceptors (Lipinski definition) is 3. The Hall–Kier alpha value is -2.33. The highest BCUT2D eigenvalue weighted by molar-refractivity contribution is 5.94. The second kappa shape index (κ2) is 8.13. The standard InChI is InChI=1S/C23H31N3O/c1-16-8-9-20(13-17(16)2)23(27)24-15-22(25(3)4)19-10-11-21-18(14-19)7-6-12-26(21)5/h8-11,13-14,22H,6-7,12,15H2,1-5H3,(H,24,27)/t22-/m1/s1.